The Labute approximate surface area is 160 Å². The van der Waals surface area contributed by atoms with Gasteiger partial charge in [0, 0.05) is 11.3 Å². The summed E-state index contributed by atoms with van der Waals surface area (Å²) in [6.45, 7) is 1.77. The van der Waals surface area contributed by atoms with Crippen LogP contribution in [-0.4, -0.2) is 27.8 Å². The molecule has 3 N–H and O–H groups in total. The van der Waals surface area contributed by atoms with Gasteiger partial charge in [-0.3, -0.25) is 4.79 Å². The number of hydrogen-bond donors (Lipinski definition) is 2. The molecule has 3 aromatic rings. The molecule has 1 aromatic heterocycles. The van der Waals surface area contributed by atoms with Crippen molar-refractivity contribution >= 4 is 11.9 Å². The molecule has 0 radical (unpaired) electrons. The van der Waals surface area contributed by atoms with E-state index < -0.39 is 11.9 Å². The summed E-state index contributed by atoms with van der Waals surface area (Å²) in [5.41, 5.74) is 8.11. The molecule has 2 heterocycles. The van der Waals surface area contributed by atoms with Crippen molar-refractivity contribution < 1.29 is 13.9 Å². The molecule has 1 unspecified atom stereocenters. The van der Waals surface area contributed by atoms with E-state index in [1.165, 1.54) is 12.1 Å². The number of nitrogens with two attached hydrogens (primary N) is 1. The third-order valence-corrected chi connectivity index (χ3v) is 4.63. The van der Waals surface area contributed by atoms with Crippen LogP contribution in [0.5, 0.6) is 5.75 Å². The van der Waals surface area contributed by atoms with E-state index in [2.05, 4.69) is 15.4 Å². The van der Waals surface area contributed by atoms with E-state index >= 15 is 0 Å². The van der Waals surface area contributed by atoms with Crippen LogP contribution in [0.1, 0.15) is 18.5 Å². The Morgan fingerprint density at radius 2 is 2.00 bits per heavy atom. The van der Waals surface area contributed by atoms with Gasteiger partial charge in [0.2, 0.25) is 11.9 Å². The first kappa shape index (κ1) is 17.7. The summed E-state index contributed by atoms with van der Waals surface area (Å²) in [6, 6.07) is 12.7. The number of anilines is 1. The van der Waals surface area contributed by atoms with Crippen molar-refractivity contribution in [1.82, 2.24) is 14.8 Å². The molecule has 4 rings (SSSR count). The number of carbonyl (C=O) groups excluding carboxylic acids is 1. The van der Waals surface area contributed by atoms with Crippen LogP contribution in [0.25, 0.3) is 11.4 Å². The molecular weight excluding hydrogens is 361 g/mol. The van der Waals surface area contributed by atoms with Crippen LogP contribution in [0.3, 0.4) is 0 Å². The fourth-order valence-electron chi connectivity index (χ4n) is 3.31. The lowest BCUT2D eigenvalue weighted by atomic mass is 9.95. The summed E-state index contributed by atoms with van der Waals surface area (Å²) in [7, 11) is 1.57. The fourth-order valence-corrected chi connectivity index (χ4v) is 3.31. The Balaban J connectivity index is 1.87. The van der Waals surface area contributed by atoms with Crippen LogP contribution in [-0.2, 0) is 4.79 Å². The van der Waals surface area contributed by atoms with Crippen molar-refractivity contribution in [2.75, 3.05) is 12.4 Å². The van der Waals surface area contributed by atoms with Gasteiger partial charge in [-0.2, -0.15) is 4.98 Å². The van der Waals surface area contributed by atoms with Crippen molar-refractivity contribution in [3.8, 4) is 17.1 Å². The number of nitrogens with one attached hydrogen (secondary N) is 1. The Hall–Kier alpha value is -3.68. The third kappa shape index (κ3) is 2.98. The van der Waals surface area contributed by atoms with Crippen LogP contribution in [0, 0.1) is 5.82 Å². The highest BCUT2D eigenvalue weighted by Crippen LogP contribution is 2.36. The number of hydrogen-bond acceptors (Lipinski definition) is 5. The van der Waals surface area contributed by atoms with Gasteiger partial charge in [0.1, 0.15) is 17.6 Å². The number of benzene rings is 2. The molecule has 1 amide bonds. The second kappa shape index (κ2) is 6.80. The monoisotopic (exact) mass is 379 g/mol. The second-order valence-electron chi connectivity index (χ2n) is 6.42. The predicted octanol–water partition coefficient (Wildman–Crippen LogP) is 2.87. The normalized spacial score (nSPS) is 15.8. The molecule has 7 nitrogen and oxygen atoms in total. The predicted molar refractivity (Wildman–Crippen MR) is 102 cm³/mol. The van der Waals surface area contributed by atoms with E-state index in [-0.39, 0.29) is 5.82 Å². The zero-order valence-corrected chi connectivity index (χ0v) is 15.3. The quantitative estimate of drug-likeness (QED) is 0.727. The average Bonchev–Trinajstić information content (AvgIpc) is 3.10. The number of primary amides is 1. The average molecular weight is 379 g/mol. The molecule has 1 aliphatic rings. The Morgan fingerprint density at radius 1 is 1.25 bits per heavy atom. The van der Waals surface area contributed by atoms with E-state index in [1.807, 2.05) is 24.3 Å². The largest absolute Gasteiger partial charge is 0.497 e. The maximum Gasteiger partial charge on any atom is 0.248 e. The van der Waals surface area contributed by atoms with Gasteiger partial charge in [-0.25, -0.2) is 9.07 Å². The fraction of sp³-hybridized carbons (Fsp3) is 0.150. The molecule has 0 spiro atoms. The van der Waals surface area contributed by atoms with Gasteiger partial charge in [-0.15, -0.1) is 5.10 Å². The number of allylic oxidation sites excluding steroid dienone is 1. The minimum absolute atomic E-state index is 0.339. The number of methoxy groups -OCH3 is 1. The summed E-state index contributed by atoms with van der Waals surface area (Å²) in [5.74, 6) is 0.637. The summed E-state index contributed by atoms with van der Waals surface area (Å²) >= 11 is 0. The maximum absolute atomic E-state index is 13.2. The highest BCUT2D eigenvalue weighted by Gasteiger charge is 2.33. The first-order valence-electron chi connectivity index (χ1n) is 8.62. The first-order chi connectivity index (χ1) is 13.5. The lowest BCUT2D eigenvalue weighted by Crippen LogP contribution is -2.31. The van der Waals surface area contributed by atoms with Crippen LogP contribution < -0.4 is 15.8 Å². The van der Waals surface area contributed by atoms with E-state index in [9.17, 15) is 9.18 Å². The number of carbonyl (C=O) groups is 1. The summed E-state index contributed by atoms with van der Waals surface area (Å²) in [6.07, 6.45) is 0. The third-order valence-electron chi connectivity index (χ3n) is 4.63. The van der Waals surface area contributed by atoms with E-state index in [1.54, 1.807) is 30.8 Å². The highest BCUT2D eigenvalue weighted by molar-refractivity contribution is 5.95. The van der Waals surface area contributed by atoms with Crippen LogP contribution in [0.2, 0.25) is 0 Å². The Morgan fingerprint density at radius 3 is 2.68 bits per heavy atom. The lowest BCUT2D eigenvalue weighted by Gasteiger charge is -2.27. The number of rotatable bonds is 4. The van der Waals surface area contributed by atoms with Gasteiger partial charge in [0.05, 0.1) is 12.7 Å². The highest BCUT2D eigenvalue weighted by atomic mass is 19.1. The lowest BCUT2D eigenvalue weighted by molar-refractivity contribution is -0.115. The van der Waals surface area contributed by atoms with Gasteiger partial charge in [0.25, 0.3) is 0 Å². The molecule has 2 aromatic carbocycles. The molecule has 8 heteroatoms. The zero-order valence-electron chi connectivity index (χ0n) is 15.3. The van der Waals surface area contributed by atoms with E-state index in [0.29, 0.717) is 34.4 Å². The number of aromatic nitrogens is 3. The molecule has 0 saturated carbocycles. The van der Waals surface area contributed by atoms with Gasteiger partial charge in [-0.1, -0.05) is 12.1 Å². The minimum Gasteiger partial charge on any atom is -0.497 e. The molecule has 142 valence electrons. The Kier molecular flexibility index (Phi) is 4.31. The summed E-state index contributed by atoms with van der Waals surface area (Å²) in [5, 5.41) is 7.65. The number of ether oxygens (including phenoxy) is 1. The topological polar surface area (TPSA) is 95.1 Å². The number of fused-ring (bicyclic) bond motifs is 1. The summed E-state index contributed by atoms with van der Waals surface area (Å²) in [4.78, 5) is 16.7. The van der Waals surface area contributed by atoms with Gasteiger partial charge >= 0.3 is 0 Å². The standard InChI is InChI=1S/C20H18FN5O2/c1-11-16(18(22)27)17(13-4-3-5-15(10-13)28-2)26-20(23-11)24-19(25-26)12-6-8-14(21)9-7-12/h3-10,17H,1-2H3,(H2,22,27)(H,23,24,25). The SMILES string of the molecule is COc1cccc(C2C(C(N)=O)=C(C)Nc3nc(-c4ccc(F)cc4)nn32)c1. The molecule has 0 aliphatic carbocycles. The van der Waals surface area contributed by atoms with Gasteiger partial charge < -0.3 is 15.8 Å². The van der Waals surface area contributed by atoms with Crippen molar-refractivity contribution in [1.29, 1.82) is 0 Å². The number of amides is 1. The van der Waals surface area contributed by atoms with E-state index in [4.69, 9.17) is 10.5 Å². The molecule has 1 atom stereocenters. The van der Waals surface area contributed by atoms with Crippen molar-refractivity contribution in [2.24, 2.45) is 5.73 Å². The molecule has 1 aliphatic heterocycles. The van der Waals surface area contributed by atoms with Crippen LogP contribution in [0.4, 0.5) is 10.3 Å². The number of halogens is 1. The van der Waals surface area contributed by atoms with Gasteiger partial charge in [-0.05, 0) is 48.9 Å². The van der Waals surface area contributed by atoms with Gasteiger partial charge in [0.15, 0.2) is 5.82 Å². The molecular formula is C20H18FN5O2. The molecule has 0 bridgehead atoms. The molecule has 0 fully saturated rings. The summed E-state index contributed by atoms with van der Waals surface area (Å²) < 4.78 is 20.2. The van der Waals surface area contributed by atoms with Crippen molar-refractivity contribution in [3.05, 3.63) is 71.2 Å². The zero-order chi connectivity index (χ0) is 19.8. The second-order valence-corrected chi connectivity index (χ2v) is 6.42. The van der Waals surface area contributed by atoms with E-state index in [0.717, 1.165) is 5.56 Å². The maximum atomic E-state index is 13.2. The molecule has 0 saturated heterocycles. The Bertz CT molecular complexity index is 1090. The van der Waals surface area contributed by atoms with Crippen molar-refractivity contribution in [2.45, 2.75) is 13.0 Å². The van der Waals surface area contributed by atoms with Crippen molar-refractivity contribution in [3.63, 3.8) is 0 Å². The minimum atomic E-state index is -0.564. The van der Waals surface area contributed by atoms with Crippen LogP contribution >= 0.6 is 0 Å². The number of nitrogens with zero attached hydrogens (tertiary/aromatic N) is 3. The van der Waals surface area contributed by atoms with Crippen LogP contribution in [0.15, 0.2) is 59.8 Å². The first-order valence-corrected chi connectivity index (χ1v) is 8.62. The molecule has 28 heavy (non-hydrogen) atoms. The smallest absolute Gasteiger partial charge is 0.248 e.